The molecule has 0 N–H and O–H groups in total. The molecule has 0 fully saturated rings. The first kappa shape index (κ1) is 20.4. The van der Waals surface area contributed by atoms with Crippen LogP contribution in [0.15, 0.2) is 48.9 Å². The minimum atomic E-state index is 0.0361. The van der Waals surface area contributed by atoms with Crippen LogP contribution in [-0.4, -0.2) is 18.2 Å². The lowest BCUT2D eigenvalue weighted by molar-refractivity contribution is 0.243. The topological polar surface area (TPSA) is 31.4 Å². The van der Waals surface area contributed by atoms with Crippen LogP contribution in [0, 0.1) is 0 Å². The second kappa shape index (κ2) is 9.26. The van der Waals surface area contributed by atoms with E-state index in [1.165, 1.54) is 11.1 Å². The van der Waals surface area contributed by atoms with E-state index in [1.54, 1.807) is 24.7 Å². The Hall–Kier alpha value is -2.30. The molecule has 1 heterocycles. The smallest absolute Gasteiger partial charge is 0.148 e. The molecule has 0 amide bonds. The zero-order chi connectivity index (χ0) is 20.1. The van der Waals surface area contributed by atoms with Gasteiger partial charge >= 0.3 is 0 Å². The third kappa shape index (κ3) is 4.40. The van der Waals surface area contributed by atoms with Crippen molar-refractivity contribution >= 4 is 29.0 Å². The number of halogens is 1. The van der Waals surface area contributed by atoms with E-state index in [9.17, 15) is 0 Å². The molecule has 146 valence electrons. The zero-order valence-corrected chi connectivity index (χ0v) is 18.1. The predicted molar refractivity (Wildman–Crippen MR) is 119 cm³/mol. The molecule has 3 nitrogen and oxygen atoms in total. The summed E-state index contributed by atoms with van der Waals surface area (Å²) >= 11 is 8.04. The van der Waals surface area contributed by atoms with Crippen molar-refractivity contribution in [1.82, 2.24) is 4.98 Å². The van der Waals surface area contributed by atoms with Crippen LogP contribution in [0.1, 0.15) is 31.9 Å². The molecule has 0 radical (unpaired) electrons. The van der Waals surface area contributed by atoms with Crippen LogP contribution in [0.25, 0.3) is 27.1 Å². The Morgan fingerprint density at radius 1 is 1.14 bits per heavy atom. The molecule has 0 saturated heterocycles. The summed E-state index contributed by atoms with van der Waals surface area (Å²) in [6.45, 7) is 6.15. The Morgan fingerprint density at radius 3 is 2.61 bits per heavy atom. The van der Waals surface area contributed by atoms with E-state index >= 15 is 0 Å². The number of aromatic nitrogens is 1. The van der Waals surface area contributed by atoms with Crippen LogP contribution in [0.5, 0.6) is 5.75 Å². The molecule has 0 aliphatic rings. The normalized spacial score (nSPS) is 11.4. The first-order chi connectivity index (χ1) is 13.5. The van der Waals surface area contributed by atoms with E-state index in [-0.39, 0.29) is 6.10 Å². The van der Waals surface area contributed by atoms with Crippen molar-refractivity contribution in [3.05, 3.63) is 65.0 Å². The number of para-hydroxylation sites is 1. The number of methoxy groups -OCH3 is 1. The van der Waals surface area contributed by atoms with Crippen molar-refractivity contribution in [2.24, 2.45) is 0 Å². The maximum absolute atomic E-state index is 6.40. The second-order valence-electron chi connectivity index (χ2n) is 6.58. The fourth-order valence-corrected chi connectivity index (χ4v) is 4.29. The molecule has 0 aliphatic heterocycles. The molecule has 3 aromatic rings. The van der Waals surface area contributed by atoms with Crippen LogP contribution in [-0.2, 0) is 11.2 Å². The number of benzene rings is 2. The van der Waals surface area contributed by atoms with Crippen LogP contribution >= 0.6 is 22.9 Å². The van der Waals surface area contributed by atoms with Gasteiger partial charge in [-0.1, -0.05) is 42.8 Å². The maximum Gasteiger partial charge on any atom is 0.148 e. The van der Waals surface area contributed by atoms with Crippen molar-refractivity contribution < 1.29 is 9.47 Å². The van der Waals surface area contributed by atoms with Crippen LogP contribution in [0.4, 0.5) is 0 Å². The lowest BCUT2D eigenvalue weighted by atomic mass is 9.98. The molecule has 0 spiro atoms. The minimum Gasteiger partial charge on any atom is -0.504 e. The molecular formula is C23H24ClNO2S. The van der Waals surface area contributed by atoms with Crippen molar-refractivity contribution in [2.75, 3.05) is 7.11 Å². The average Bonchev–Trinajstić information content (AvgIpc) is 3.17. The lowest BCUT2D eigenvalue weighted by Gasteiger charge is -2.14. The third-order valence-corrected chi connectivity index (χ3v) is 5.63. The first-order valence-electron chi connectivity index (χ1n) is 9.28. The van der Waals surface area contributed by atoms with Crippen LogP contribution in [0.3, 0.4) is 0 Å². The summed E-state index contributed by atoms with van der Waals surface area (Å²) in [5.74, 6) is 0.688. The second-order valence-corrected chi connectivity index (χ2v) is 8.02. The van der Waals surface area contributed by atoms with E-state index in [0.29, 0.717) is 10.8 Å². The van der Waals surface area contributed by atoms with Crippen molar-refractivity contribution in [3.63, 3.8) is 0 Å². The largest absolute Gasteiger partial charge is 0.504 e. The number of nitrogens with zero attached hydrogens (tertiary/aromatic N) is 1. The summed E-state index contributed by atoms with van der Waals surface area (Å²) in [5, 5.41) is 1.50. The van der Waals surface area contributed by atoms with E-state index in [4.69, 9.17) is 21.1 Å². The Kier molecular flexibility index (Phi) is 6.76. The first-order valence-corrected chi connectivity index (χ1v) is 10.5. The SMILES string of the molecule is CCc1c(/C=C/OC)cccc1-c1cnc(-c2cccc(Cl)c2OC(C)C)s1. The molecule has 0 unspecified atom stereocenters. The van der Waals surface area contributed by atoms with Crippen LogP contribution < -0.4 is 4.74 Å². The molecule has 0 saturated carbocycles. The molecule has 2 aromatic carbocycles. The molecular weight excluding hydrogens is 390 g/mol. The highest BCUT2D eigenvalue weighted by Crippen LogP contribution is 2.41. The number of thiazole rings is 1. The van der Waals surface area contributed by atoms with Gasteiger partial charge in [0.15, 0.2) is 0 Å². The van der Waals surface area contributed by atoms with Gasteiger partial charge in [0.05, 0.1) is 34.9 Å². The van der Waals surface area contributed by atoms with Gasteiger partial charge in [-0.3, -0.25) is 0 Å². The number of rotatable bonds is 7. The van der Waals surface area contributed by atoms with Gasteiger partial charge in [-0.05, 0) is 55.2 Å². The highest BCUT2D eigenvalue weighted by molar-refractivity contribution is 7.18. The summed E-state index contributed by atoms with van der Waals surface area (Å²) in [4.78, 5) is 5.80. The van der Waals surface area contributed by atoms with Gasteiger partial charge in [0, 0.05) is 6.20 Å². The Balaban J connectivity index is 2.05. The molecule has 0 bridgehead atoms. The summed E-state index contributed by atoms with van der Waals surface area (Å²) in [7, 11) is 1.66. The van der Waals surface area contributed by atoms with Gasteiger partial charge in [0.25, 0.3) is 0 Å². The van der Waals surface area contributed by atoms with E-state index in [1.807, 2.05) is 44.3 Å². The molecule has 28 heavy (non-hydrogen) atoms. The van der Waals surface area contributed by atoms with Gasteiger partial charge in [-0.25, -0.2) is 4.98 Å². The van der Waals surface area contributed by atoms with E-state index in [2.05, 4.69) is 30.1 Å². The molecule has 0 aliphatic carbocycles. The Bertz CT molecular complexity index is 978. The third-order valence-electron chi connectivity index (χ3n) is 4.27. The van der Waals surface area contributed by atoms with Gasteiger partial charge in [-0.2, -0.15) is 0 Å². The highest BCUT2D eigenvalue weighted by Gasteiger charge is 2.17. The Labute approximate surface area is 175 Å². The lowest BCUT2D eigenvalue weighted by Crippen LogP contribution is -2.06. The van der Waals surface area contributed by atoms with Crippen LogP contribution in [0.2, 0.25) is 5.02 Å². The van der Waals surface area contributed by atoms with Gasteiger partial charge < -0.3 is 9.47 Å². The van der Waals surface area contributed by atoms with Crippen molar-refractivity contribution in [2.45, 2.75) is 33.3 Å². The summed E-state index contributed by atoms with van der Waals surface area (Å²) < 4.78 is 11.1. The van der Waals surface area contributed by atoms with Gasteiger partial charge in [-0.15, -0.1) is 11.3 Å². The van der Waals surface area contributed by atoms with Crippen molar-refractivity contribution in [1.29, 1.82) is 0 Å². The number of hydrogen-bond acceptors (Lipinski definition) is 4. The number of ether oxygens (including phenoxy) is 2. The monoisotopic (exact) mass is 413 g/mol. The predicted octanol–water partition coefficient (Wildman–Crippen LogP) is 7.10. The fourth-order valence-electron chi connectivity index (χ4n) is 3.08. The molecule has 3 rings (SSSR count). The highest BCUT2D eigenvalue weighted by atomic mass is 35.5. The average molecular weight is 414 g/mol. The summed E-state index contributed by atoms with van der Waals surface area (Å²) in [6, 6.07) is 12.1. The van der Waals surface area contributed by atoms with Gasteiger partial charge in [0.2, 0.25) is 0 Å². The molecule has 0 atom stereocenters. The maximum atomic E-state index is 6.40. The van der Waals surface area contributed by atoms with E-state index in [0.717, 1.165) is 27.4 Å². The Morgan fingerprint density at radius 2 is 1.89 bits per heavy atom. The molecule has 5 heteroatoms. The standard InChI is InChI=1S/C23H24ClNO2S/c1-5-17-16(12-13-26-4)8-6-9-18(17)21-14-25-23(28-21)19-10-7-11-20(24)22(19)27-15(2)3/h6-15H,5H2,1-4H3/b13-12+. The van der Waals surface area contributed by atoms with Crippen molar-refractivity contribution in [3.8, 4) is 26.8 Å². The fraction of sp³-hybridized carbons (Fsp3) is 0.261. The van der Waals surface area contributed by atoms with E-state index < -0.39 is 0 Å². The quantitative estimate of drug-likeness (QED) is 0.387. The summed E-state index contributed by atoms with van der Waals surface area (Å²) in [5.41, 5.74) is 4.54. The number of hydrogen-bond donors (Lipinski definition) is 0. The van der Waals surface area contributed by atoms with Gasteiger partial charge in [0.1, 0.15) is 10.8 Å². The zero-order valence-electron chi connectivity index (χ0n) is 16.5. The molecule has 1 aromatic heterocycles. The summed E-state index contributed by atoms with van der Waals surface area (Å²) in [6.07, 6.45) is 6.59. The minimum absolute atomic E-state index is 0.0361.